The van der Waals surface area contributed by atoms with Gasteiger partial charge < -0.3 is 21.3 Å². The molecule has 1 atom stereocenters. The summed E-state index contributed by atoms with van der Waals surface area (Å²) in [4.78, 5) is 36.8. The number of carbonyl (C=O) groups is 3. The van der Waals surface area contributed by atoms with Gasteiger partial charge in [-0.2, -0.15) is 0 Å². The van der Waals surface area contributed by atoms with Crippen molar-refractivity contribution in [2.24, 2.45) is 5.92 Å². The molecule has 0 aliphatic carbocycles. The van der Waals surface area contributed by atoms with Gasteiger partial charge in [-0.3, -0.25) is 9.59 Å². The van der Waals surface area contributed by atoms with Gasteiger partial charge in [-0.25, -0.2) is 4.79 Å². The number of rotatable bonds is 6. The third kappa shape index (κ3) is 5.57. The summed E-state index contributed by atoms with van der Waals surface area (Å²) < 4.78 is 0. The largest absolute Gasteiger partial charge is 0.341 e. The predicted octanol–water partition coefficient (Wildman–Crippen LogP) is 3.14. The van der Waals surface area contributed by atoms with Gasteiger partial charge in [-0.05, 0) is 42.7 Å². The van der Waals surface area contributed by atoms with E-state index in [1.54, 1.807) is 36.4 Å². The smallest absolute Gasteiger partial charge is 0.318 e. The van der Waals surface area contributed by atoms with Crippen LogP contribution in [0.1, 0.15) is 29.8 Å². The Kier molecular flexibility index (Phi) is 7.14. The SMILES string of the molecule is CNC(=O)Nc1cccc(NC(=O)C(NC(=O)c2ccccc2C)C(C)C)c1. The van der Waals surface area contributed by atoms with Crippen molar-refractivity contribution in [2.75, 3.05) is 17.7 Å². The second-order valence-corrected chi connectivity index (χ2v) is 6.78. The molecule has 0 heterocycles. The summed E-state index contributed by atoms with van der Waals surface area (Å²) in [6.07, 6.45) is 0. The molecule has 4 N–H and O–H groups in total. The van der Waals surface area contributed by atoms with Gasteiger partial charge in [0.05, 0.1) is 0 Å². The Morgan fingerprint density at radius 2 is 1.54 bits per heavy atom. The molecule has 1 unspecified atom stereocenters. The average Bonchev–Trinajstić information content (AvgIpc) is 2.66. The summed E-state index contributed by atoms with van der Waals surface area (Å²) in [5.74, 6) is -0.726. The van der Waals surface area contributed by atoms with E-state index in [-0.39, 0.29) is 23.8 Å². The minimum atomic E-state index is -0.706. The summed E-state index contributed by atoms with van der Waals surface area (Å²) >= 11 is 0. The van der Waals surface area contributed by atoms with Crippen molar-refractivity contribution in [1.82, 2.24) is 10.6 Å². The Hall–Kier alpha value is -3.35. The van der Waals surface area contributed by atoms with Crippen molar-refractivity contribution in [3.05, 3.63) is 59.7 Å². The summed E-state index contributed by atoms with van der Waals surface area (Å²) in [7, 11) is 1.52. The van der Waals surface area contributed by atoms with Crippen molar-refractivity contribution in [2.45, 2.75) is 26.8 Å². The summed E-state index contributed by atoms with van der Waals surface area (Å²) in [6, 6.07) is 13.0. The normalized spacial score (nSPS) is 11.5. The lowest BCUT2D eigenvalue weighted by Crippen LogP contribution is -2.47. The minimum absolute atomic E-state index is 0.111. The van der Waals surface area contributed by atoms with Crippen LogP contribution in [0.4, 0.5) is 16.2 Å². The Labute approximate surface area is 164 Å². The maximum absolute atomic E-state index is 12.8. The molecule has 0 saturated heterocycles. The van der Waals surface area contributed by atoms with Crippen LogP contribution in [0.15, 0.2) is 48.5 Å². The first-order chi connectivity index (χ1) is 13.3. The third-order valence-electron chi connectivity index (χ3n) is 4.24. The second kappa shape index (κ2) is 9.55. The first kappa shape index (κ1) is 21.0. The van der Waals surface area contributed by atoms with Crippen molar-refractivity contribution in [3.8, 4) is 0 Å². The highest BCUT2D eigenvalue weighted by Gasteiger charge is 2.25. The van der Waals surface area contributed by atoms with Gasteiger partial charge in [-0.15, -0.1) is 0 Å². The molecule has 0 aliphatic rings. The molecule has 7 heteroatoms. The zero-order valence-electron chi connectivity index (χ0n) is 16.5. The van der Waals surface area contributed by atoms with E-state index in [9.17, 15) is 14.4 Å². The van der Waals surface area contributed by atoms with Gasteiger partial charge in [0.25, 0.3) is 5.91 Å². The summed E-state index contributed by atoms with van der Waals surface area (Å²) in [5.41, 5.74) is 2.45. The number of benzene rings is 2. The van der Waals surface area contributed by atoms with E-state index in [2.05, 4.69) is 21.3 Å². The van der Waals surface area contributed by atoms with Crippen LogP contribution < -0.4 is 21.3 Å². The van der Waals surface area contributed by atoms with Gasteiger partial charge >= 0.3 is 6.03 Å². The molecule has 2 rings (SSSR count). The van der Waals surface area contributed by atoms with Gasteiger partial charge in [0.15, 0.2) is 0 Å². The lowest BCUT2D eigenvalue weighted by atomic mass is 10.0. The highest BCUT2D eigenvalue weighted by molar-refractivity contribution is 6.02. The lowest BCUT2D eigenvalue weighted by molar-refractivity contribution is -0.118. The molecule has 0 spiro atoms. The molecule has 0 saturated carbocycles. The van der Waals surface area contributed by atoms with E-state index < -0.39 is 6.04 Å². The van der Waals surface area contributed by atoms with Crippen LogP contribution in [0.25, 0.3) is 0 Å². The maximum atomic E-state index is 12.8. The number of hydrogen-bond acceptors (Lipinski definition) is 3. The molecule has 148 valence electrons. The fraction of sp³-hybridized carbons (Fsp3) is 0.286. The van der Waals surface area contributed by atoms with Crippen LogP contribution in [0.3, 0.4) is 0 Å². The number of amides is 4. The molecule has 0 bridgehead atoms. The molecular formula is C21H26N4O3. The van der Waals surface area contributed by atoms with E-state index in [1.165, 1.54) is 7.05 Å². The zero-order valence-corrected chi connectivity index (χ0v) is 16.5. The second-order valence-electron chi connectivity index (χ2n) is 6.78. The molecular weight excluding hydrogens is 356 g/mol. The number of nitrogens with one attached hydrogen (secondary N) is 4. The van der Waals surface area contributed by atoms with Crippen LogP contribution in [-0.2, 0) is 4.79 Å². The number of urea groups is 1. The van der Waals surface area contributed by atoms with Crippen molar-refractivity contribution in [3.63, 3.8) is 0 Å². The lowest BCUT2D eigenvalue weighted by Gasteiger charge is -2.22. The predicted molar refractivity (Wildman–Crippen MR) is 110 cm³/mol. The first-order valence-corrected chi connectivity index (χ1v) is 9.08. The molecule has 0 fully saturated rings. The Morgan fingerprint density at radius 1 is 0.893 bits per heavy atom. The standard InChI is InChI=1S/C21H26N4O3/c1-13(2)18(25-19(26)17-11-6-5-8-14(17)3)20(27)23-15-9-7-10-16(12-15)24-21(28)22-4/h5-13,18H,1-4H3,(H,23,27)(H,25,26)(H2,22,24,28). The van der Waals surface area contributed by atoms with E-state index in [4.69, 9.17) is 0 Å². The van der Waals surface area contributed by atoms with Crippen molar-refractivity contribution >= 4 is 29.2 Å². The van der Waals surface area contributed by atoms with Gasteiger partial charge in [-0.1, -0.05) is 38.1 Å². The number of anilines is 2. The first-order valence-electron chi connectivity index (χ1n) is 9.08. The fourth-order valence-electron chi connectivity index (χ4n) is 2.67. The van der Waals surface area contributed by atoms with E-state index in [0.29, 0.717) is 16.9 Å². The fourth-order valence-corrected chi connectivity index (χ4v) is 2.67. The van der Waals surface area contributed by atoms with Crippen LogP contribution in [0.5, 0.6) is 0 Å². The molecule has 2 aromatic rings. The van der Waals surface area contributed by atoms with Gasteiger partial charge in [0, 0.05) is 24.0 Å². The topological polar surface area (TPSA) is 99.3 Å². The van der Waals surface area contributed by atoms with Crippen molar-refractivity contribution < 1.29 is 14.4 Å². The van der Waals surface area contributed by atoms with Crippen LogP contribution in [-0.4, -0.2) is 30.9 Å². The van der Waals surface area contributed by atoms with Gasteiger partial charge in [0.1, 0.15) is 6.04 Å². The number of carbonyl (C=O) groups excluding carboxylic acids is 3. The minimum Gasteiger partial charge on any atom is -0.341 e. The molecule has 0 aliphatic heterocycles. The van der Waals surface area contributed by atoms with E-state index >= 15 is 0 Å². The highest BCUT2D eigenvalue weighted by Crippen LogP contribution is 2.17. The van der Waals surface area contributed by atoms with Crippen LogP contribution >= 0.6 is 0 Å². The molecule has 0 radical (unpaired) electrons. The number of hydrogen-bond donors (Lipinski definition) is 4. The summed E-state index contributed by atoms with van der Waals surface area (Å²) in [6.45, 7) is 5.59. The molecule has 7 nitrogen and oxygen atoms in total. The zero-order chi connectivity index (χ0) is 20.7. The third-order valence-corrected chi connectivity index (χ3v) is 4.24. The quantitative estimate of drug-likeness (QED) is 0.618. The maximum Gasteiger partial charge on any atom is 0.318 e. The molecule has 0 aromatic heterocycles. The molecule has 4 amide bonds. The molecule has 2 aromatic carbocycles. The van der Waals surface area contributed by atoms with Crippen LogP contribution in [0, 0.1) is 12.8 Å². The van der Waals surface area contributed by atoms with E-state index in [1.807, 2.05) is 32.9 Å². The van der Waals surface area contributed by atoms with E-state index in [0.717, 1.165) is 5.56 Å². The summed E-state index contributed by atoms with van der Waals surface area (Å²) in [5, 5.41) is 10.7. The average molecular weight is 382 g/mol. The Balaban J connectivity index is 2.11. The highest BCUT2D eigenvalue weighted by atomic mass is 16.2. The van der Waals surface area contributed by atoms with Crippen molar-refractivity contribution in [1.29, 1.82) is 0 Å². The number of aryl methyl sites for hydroxylation is 1. The monoisotopic (exact) mass is 382 g/mol. The molecule has 28 heavy (non-hydrogen) atoms. The van der Waals surface area contributed by atoms with Crippen LogP contribution in [0.2, 0.25) is 0 Å². The van der Waals surface area contributed by atoms with Gasteiger partial charge in [0.2, 0.25) is 5.91 Å². The Bertz CT molecular complexity index is 864. The Morgan fingerprint density at radius 3 is 2.14 bits per heavy atom.